The van der Waals surface area contributed by atoms with Crippen LogP contribution in [0.15, 0.2) is 36.4 Å². The molecule has 0 bridgehead atoms. The Balaban J connectivity index is 2.59. The molecule has 0 aliphatic heterocycles. The van der Waals surface area contributed by atoms with E-state index in [0.717, 1.165) is 6.07 Å². The monoisotopic (exact) mass is 360 g/mol. The summed E-state index contributed by atoms with van der Waals surface area (Å²) in [5.74, 6) is -0.391. The van der Waals surface area contributed by atoms with Gasteiger partial charge in [0.1, 0.15) is 5.82 Å². The Bertz CT molecular complexity index is 639. The normalized spacial score (nSPS) is 13.3. The lowest BCUT2D eigenvalue weighted by Gasteiger charge is -2.20. The SMILES string of the molecule is Cc1cc(F)cc(C)c1C(Br)c1ccccc1C(F)(F)F. The van der Waals surface area contributed by atoms with Crippen molar-refractivity contribution in [2.24, 2.45) is 0 Å². The summed E-state index contributed by atoms with van der Waals surface area (Å²) in [6.45, 7) is 3.38. The summed E-state index contributed by atoms with van der Waals surface area (Å²) in [5.41, 5.74) is 1.34. The number of hydrogen-bond donors (Lipinski definition) is 0. The Hall–Kier alpha value is -1.36. The highest BCUT2D eigenvalue weighted by Gasteiger charge is 2.35. The van der Waals surface area contributed by atoms with E-state index >= 15 is 0 Å². The van der Waals surface area contributed by atoms with Gasteiger partial charge in [-0.3, -0.25) is 0 Å². The van der Waals surface area contributed by atoms with E-state index in [1.807, 2.05) is 0 Å². The van der Waals surface area contributed by atoms with E-state index in [0.29, 0.717) is 16.7 Å². The van der Waals surface area contributed by atoms with Gasteiger partial charge in [-0.2, -0.15) is 13.2 Å². The van der Waals surface area contributed by atoms with Crippen LogP contribution in [-0.4, -0.2) is 0 Å². The summed E-state index contributed by atoms with van der Waals surface area (Å²) >= 11 is 3.34. The number of benzene rings is 2. The summed E-state index contributed by atoms with van der Waals surface area (Å²) in [6.07, 6.45) is -4.43. The first-order valence-corrected chi connectivity index (χ1v) is 7.20. The summed E-state index contributed by atoms with van der Waals surface area (Å²) < 4.78 is 52.7. The zero-order valence-corrected chi connectivity index (χ0v) is 13.0. The summed E-state index contributed by atoms with van der Waals surface area (Å²) in [4.78, 5) is -0.643. The van der Waals surface area contributed by atoms with E-state index in [1.54, 1.807) is 19.9 Å². The topological polar surface area (TPSA) is 0 Å². The predicted octanol–water partition coefficient (Wildman–Crippen LogP) is 5.95. The second kappa shape index (κ2) is 5.79. The van der Waals surface area contributed by atoms with E-state index < -0.39 is 22.4 Å². The second-order valence-corrected chi connectivity index (χ2v) is 5.82. The van der Waals surface area contributed by atoms with E-state index in [2.05, 4.69) is 15.9 Å². The molecule has 0 aliphatic carbocycles. The standard InChI is InChI=1S/C16H13BrF4/c1-9-7-11(18)8-10(2)14(9)15(17)12-5-3-4-6-13(12)16(19,20)21/h3-8,15H,1-2H3. The number of alkyl halides is 4. The number of rotatable bonds is 2. The van der Waals surface area contributed by atoms with Gasteiger partial charge in [0, 0.05) is 0 Å². The summed E-state index contributed by atoms with van der Waals surface area (Å²) in [5, 5.41) is 0. The lowest BCUT2D eigenvalue weighted by Crippen LogP contribution is -2.11. The van der Waals surface area contributed by atoms with Gasteiger partial charge in [-0.05, 0) is 54.3 Å². The Morgan fingerprint density at radius 3 is 2.05 bits per heavy atom. The highest BCUT2D eigenvalue weighted by Crippen LogP contribution is 2.42. The van der Waals surface area contributed by atoms with Crippen molar-refractivity contribution < 1.29 is 17.6 Å². The van der Waals surface area contributed by atoms with E-state index in [4.69, 9.17) is 0 Å². The highest BCUT2D eigenvalue weighted by atomic mass is 79.9. The molecule has 0 nitrogen and oxygen atoms in total. The Kier molecular flexibility index (Phi) is 4.42. The molecule has 0 saturated heterocycles. The molecule has 0 heterocycles. The Morgan fingerprint density at radius 2 is 1.52 bits per heavy atom. The molecular formula is C16H13BrF4. The number of halogens is 5. The molecule has 0 N–H and O–H groups in total. The van der Waals surface area contributed by atoms with Crippen LogP contribution >= 0.6 is 15.9 Å². The zero-order valence-electron chi connectivity index (χ0n) is 11.4. The minimum atomic E-state index is -4.43. The molecule has 0 spiro atoms. The molecule has 2 rings (SSSR count). The van der Waals surface area contributed by atoms with Crippen molar-refractivity contribution in [1.82, 2.24) is 0 Å². The minimum absolute atomic E-state index is 0.128. The van der Waals surface area contributed by atoms with Gasteiger partial charge in [0.05, 0.1) is 10.4 Å². The van der Waals surface area contributed by atoms with E-state index in [9.17, 15) is 17.6 Å². The van der Waals surface area contributed by atoms with Gasteiger partial charge >= 0.3 is 6.18 Å². The maximum Gasteiger partial charge on any atom is 0.416 e. The molecule has 112 valence electrons. The molecule has 0 aromatic heterocycles. The van der Waals surface area contributed by atoms with Crippen LogP contribution in [0.2, 0.25) is 0 Å². The van der Waals surface area contributed by atoms with Crippen molar-refractivity contribution in [3.63, 3.8) is 0 Å². The first-order chi connectivity index (χ1) is 9.71. The third-order valence-corrected chi connectivity index (χ3v) is 4.30. The maximum absolute atomic E-state index is 13.3. The van der Waals surface area contributed by atoms with Crippen molar-refractivity contribution in [2.45, 2.75) is 24.9 Å². The summed E-state index contributed by atoms with van der Waals surface area (Å²) in [6, 6.07) is 8.06. The first-order valence-electron chi connectivity index (χ1n) is 6.28. The molecular weight excluding hydrogens is 348 g/mol. The molecule has 2 aromatic carbocycles. The number of aryl methyl sites for hydroxylation is 2. The fourth-order valence-corrected chi connectivity index (χ4v) is 3.57. The van der Waals surface area contributed by atoms with Crippen LogP contribution < -0.4 is 0 Å². The van der Waals surface area contributed by atoms with Gasteiger partial charge < -0.3 is 0 Å². The van der Waals surface area contributed by atoms with Crippen molar-refractivity contribution in [3.05, 3.63) is 70.0 Å². The second-order valence-electron chi connectivity index (χ2n) is 4.90. The largest absolute Gasteiger partial charge is 0.416 e. The third-order valence-electron chi connectivity index (χ3n) is 3.35. The summed E-state index contributed by atoms with van der Waals surface area (Å²) in [7, 11) is 0. The van der Waals surface area contributed by atoms with Crippen LogP contribution in [-0.2, 0) is 6.18 Å². The molecule has 0 fully saturated rings. The average Bonchev–Trinajstić information content (AvgIpc) is 2.36. The quantitative estimate of drug-likeness (QED) is 0.458. The van der Waals surface area contributed by atoms with Gasteiger partial charge in [-0.25, -0.2) is 4.39 Å². The smallest absolute Gasteiger partial charge is 0.207 e. The van der Waals surface area contributed by atoms with Crippen LogP contribution in [0.25, 0.3) is 0 Å². The van der Waals surface area contributed by atoms with Crippen LogP contribution in [0, 0.1) is 19.7 Å². The minimum Gasteiger partial charge on any atom is -0.207 e. The van der Waals surface area contributed by atoms with Crippen LogP contribution in [0.3, 0.4) is 0 Å². The molecule has 1 atom stereocenters. The molecule has 0 aliphatic rings. The molecule has 0 radical (unpaired) electrons. The highest BCUT2D eigenvalue weighted by molar-refractivity contribution is 9.09. The Labute approximate surface area is 128 Å². The van der Waals surface area contributed by atoms with E-state index in [1.165, 1.54) is 24.3 Å². The Morgan fingerprint density at radius 1 is 1.00 bits per heavy atom. The molecule has 2 aromatic rings. The molecule has 21 heavy (non-hydrogen) atoms. The lowest BCUT2D eigenvalue weighted by atomic mass is 9.93. The molecule has 0 amide bonds. The van der Waals surface area contributed by atoms with Crippen LogP contribution in [0.1, 0.15) is 32.6 Å². The van der Waals surface area contributed by atoms with Gasteiger partial charge in [0.15, 0.2) is 0 Å². The van der Waals surface area contributed by atoms with Crippen LogP contribution in [0.5, 0.6) is 0 Å². The van der Waals surface area contributed by atoms with Gasteiger partial charge in [0.25, 0.3) is 0 Å². The van der Waals surface area contributed by atoms with Crippen molar-refractivity contribution >= 4 is 15.9 Å². The third kappa shape index (κ3) is 3.28. The van der Waals surface area contributed by atoms with Crippen molar-refractivity contribution in [3.8, 4) is 0 Å². The van der Waals surface area contributed by atoms with Crippen molar-refractivity contribution in [1.29, 1.82) is 0 Å². The van der Waals surface area contributed by atoms with Crippen LogP contribution in [0.4, 0.5) is 17.6 Å². The van der Waals surface area contributed by atoms with Crippen molar-refractivity contribution in [2.75, 3.05) is 0 Å². The van der Waals surface area contributed by atoms with Gasteiger partial charge in [-0.1, -0.05) is 34.1 Å². The zero-order chi connectivity index (χ0) is 15.8. The predicted molar refractivity (Wildman–Crippen MR) is 78.1 cm³/mol. The van der Waals surface area contributed by atoms with Gasteiger partial charge in [0.2, 0.25) is 0 Å². The maximum atomic E-state index is 13.3. The molecule has 1 unspecified atom stereocenters. The fourth-order valence-electron chi connectivity index (χ4n) is 2.45. The fraction of sp³-hybridized carbons (Fsp3) is 0.250. The first kappa shape index (κ1) is 16.0. The molecule has 0 saturated carbocycles. The number of hydrogen-bond acceptors (Lipinski definition) is 0. The van der Waals surface area contributed by atoms with E-state index in [-0.39, 0.29) is 5.56 Å². The average molecular weight is 361 g/mol. The molecule has 5 heteroatoms. The lowest BCUT2D eigenvalue weighted by molar-refractivity contribution is -0.138. The van der Waals surface area contributed by atoms with Gasteiger partial charge in [-0.15, -0.1) is 0 Å².